The van der Waals surface area contributed by atoms with Crippen LogP contribution < -0.4 is 10.1 Å². The molecule has 0 radical (unpaired) electrons. The second kappa shape index (κ2) is 3.18. The highest BCUT2D eigenvalue weighted by Gasteiger charge is 2.15. The fourth-order valence-electron chi connectivity index (χ4n) is 1.35. The Bertz CT molecular complexity index is 410. The van der Waals surface area contributed by atoms with Crippen molar-refractivity contribution in [1.82, 2.24) is 0 Å². The van der Waals surface area contributed by atoms with Gasteiger partial charge in [-0.25, -0.2) is 0 Å². The number of carbonyl (C=O) groups excluding carboxylic acids is 1. The summed E-state index contributed by atoms with van der Waals surface area (Å²) < 4.78 is 5.23. The van der Waals surface area contributed by atoms with Crippen molar-refractivity contribution in [3.8, 4) is 5.75 Å². The van der Waals surface area contributed by atoms with E-state index in [2.05, 4.69) is 11.9 Å². The van der Waals surface area contributed by atoms with Gasteiger partial charge in [0.2, 0.25) is 0 Å². The number of carbonyl (C=O) groups is 1. The van der Waals surface area contributed by atoms with Crippen molar-refractivity contribution in [3.05, 3.63) is 30.3 Å². The van der Waals surface area contributed by atoms with E-state index in [-0.39, 0.29) is 12.5 Å². The minimum atomic E-state index is -0.114. The predicted octanol–water partition coefficient (Wildman–Crippen LogP) is 2.05. The Labute approximate surface area is 82.4 Å². The van der Waals surface area contributed by atoms with Crippen LogP contribution in [0.2, 0.25) is 0 Å². The number of fused-ring (bicyclic) bond motifs is 1. The first kappa shape index (κ1) is 8.81. The fourth-order valence-corrected chi connectivity index (χ4v) is 1.35. The van der Waals surface area contributed by atoms with Gasteiger partial charge in [0.25, 0.3) is 5.91 Å². The molecule has 3 nitrogen and oxygen atoms in total. The molecule has 0 saturated heterocycles. The van der Waals surface area contributed by atoms with E-state index in [1.54, 1.807) is 0 Å². The zero-order valence-electron chi connectivity index (χ0n) is 7.96. The quantitative estimate of drug-likeness (QED) is 0.734. The number of anilines is 1. The topological polar surface area (TPSA) is 38.3 Å². The molecule has 1 aliphatic heterocycles. The van der Waals surface area contributed by atoms with Crippen LogP contribution in [0.15, 0.2) is 24.8 Å². The van der Waals surface area contributed by atoms with E-state index >= 15 is 0 Å². The average Bonchev–Trinajstić information content (AvgIpc) is 2.16. The van der Waals surface area contributed by atoms with Crippen LogP contribution in [0.4, 0.5) is 5.69 Å². The monoisotopic (exact) mass is 189 g/mol. The Kier molecular flexibility index (Phi) is 2.00. The second-order valence-electron chi connectivity index (χ2n) is 3.33. The molecule has 1 amide bonds. The number of rotatable bonds is 1. The summed E-state index contributed by atoms with van der Waals surface area (Å²) >= 11 is 0. The van der Waals surface area contributed by atoms with Crippen LogP contribution in [0, 0.1) is 0 Å². The van der Waals surface area contributed by atoms with E-state index in [9.17, 15) is 4.79 Å². The third kappa shape index (κ3) is 1.48. The van der Waals surface area contributed by atoms with Crippen LogP contribution in [-0.4, -0.2) is 12.5 Å². The molecular formula is C11H11NO2. The molecule has 0 aromatic heterocycles. The van der Waals surface area contributed by atoms with Crippen molar-refractivity contribution < 1.29 is 9.53 Å². The zero-order chi connectivity index (χ0) is 10.1. The first-order valence-corrected chi connectivity index (χ1v) is 4.39. The normalized spacial score (nSPS) is 13.9. The van der Waals surface area contributed by atoms with Crippen molar-refractivity contribution in [3.63, 3.8) is 0 Å². The Morgan fingerprint density at radius 2 is 2.36 bits per heavy atom. The van der Waals surface area contributed by atoms with Gasteiger partial charge in [0.1, 0.15) is 5.75 Å². The third-order valence-corrected chi connectivity index (χ3v) is 2.11. The molecular weight excluding hydrogens is 178 g/mol. The minimum Gasteiger partial charge on any atom is -0.482 e. The summed E-state index contributed by atoms with van der Waals surface area (Å²) in [5.74, 6) is 0.603. The molecule has 0 spiro atoms. The Morgan fingerprint density at radius 1 is 1.57 bits per heavy atom. The highest BCUT2D eigenvalue weighted by molar-refractivity contribution is 5.95. The lowest BCUT2D eigenvalue weighted by atomic mass is 10.1. The Morgan fingerprint density at radius 3 is 3.07 bits per heavy atom. The van der Waals surface area contributed by atoms with Gasteiger partial charge < -0.3 is 10.1 Å². The lowest BCUT2D eigenvalue weighted by Gasteiger charge is -2.18. The van der Waals surface area contributed by atoms with Crippen molar-refractivity contribution in [2.75, 3.05) is 11.9 Å². The van der Waals surface area contributed by atoms with Gasteiger partial charge in [0.15, 0.2) is 6.61 Å². The van der Waals surface area contributed by atoms with E-state index in [1.807, 2.05) is 25.1 Å². The van der Waals surface area contributed by atoms with Crippen LogP contribution in [0.25, 0.3) is 5.57 Å². The Balaban J connectivity index is 2.42. The lowest BCUT2D eigenvalue weighted by Crippen LogP contribution is -2.25. The molecule has 1 N–H and O–H groups in total. The molecule has 72 valence electrons. The van der Waals surface area contributed by atoms with Gasteiger partial charge in [0, 0.05) is 0 Å². The number of nitrogens with one attached hydrogen (secondary N) is 1. The van der Waals surface area contributed by atoms with Crippen LogP contribution >= 0.6 is 0 Å². The maximum Gasteiger partial charge on any atom is 0.262 e. The third-order valence-electron chi connectivity index (χ3n) is 2.11. The van der Waals surface area contributed by atoms with Crippen molar-refractivity contribution >= 4 is 17.2 Å². The number of hydrogen-bond acceptors (Lipinski definition) is 2. The van der Waals surface area contributed by atoms with Gasteiger partial charge in [0.05, 0.1) is 5.69 Å². The van der Waals surface area contributed by atoms with Crippen LogP contribution in [0.5, 0.6) is 5.75 Å². The lowest BCUT2D eigenvalue weighted by molar-refractivity contribution is -0.118. The number of benzene rings is 1. The molecule has 14 heavy (non-hydrogen) atoms. The second-order valence-corrected chi connectivity index (χ2v) is 3.33. The maximum absolute atomic E-state index is 11.0. The summed E-state index contributed by atoms with van der Waals surface area (Å²) in [4.78, 5) is 11.0. The van der Waals surface area contributed by atoms with E-state index < -0.39 is 0 Å². The van der Waals surface area contributed by atoms with Gasteiger partial charge in [-0.15, -0.1) is 0 Å². The van der Waals surface area contributed by atoms with Gasteiger partial charge in [-0.05, 0) is 24.6 Å². The summed E-state index contributed by atoms with van der Waals surface area (Å²) in [6.07, 6.45) is 0. The minimum absolute atomic E-state index is 0.0966. The summed E-state index contributed by atoms with van der Waals surface area (Å²) in [5.41, 5.74) is 2.70. The first-order valence-electron chi connectivity index (χ1n) is 4.39. The molecule has 1 aromatic carbocycles. The van der Waals surface area contributed by atoms with Crippen LogP contribution in [-0.2, 0) is 4.79 Å². The molecule has 0 bridgehead atoms. The van der Waals surface area contributed by atoms with Crippen LogP contribution in [0.3, 0.4) is 0 Å². The molecule has 1 heterocycles. The predicted molar refractivity (Wildman–Crippen MR) is 55.3 cm³/mol. The largest absolute Gasteiger partial charge is 0.482 e. The molecule has 0 saturated carbocycles. The molecule has 1 aliphatic rings. The van der Waals surface area contributed by atoms with E-state index in [0.717, 1.165) is 22.6 Å². The molecule has 0 atom stereocenters. The summed E-state index contributed by atoms with van der Waals surface area (Å²) in [7, 11) is 0. The van der Waals surface area contributed by atoms with Gasteiger partial charge in [-0.1, -0.05) is 18.2 Å². The smallest absolute Gasteiger partial charge is 0.262 e. The average molecular weight is 189 g/mol. The van der Waals surface area contributed by atoms with Crippen molar-refractivity contribution in [1.29, 1.82) is 0 Å². The molecule has 3 heteroatoms. The summed E-state index contributed by atoms with van der Waals surface area (Å²) in [5, 5.41) is 2.75. The Hall–Kier alpha value is -1.77. The van der Waals surface area contributed by atoms with E-state index in [4.69, 9.17) is 4.74 Å². The van der Waals surface area contributed by atoms with Crippen LogP contribution in [0.1, 0.15) is 12.5 Å². The van der Waals surface area contributed by atoms with Gasteiger partial charge >= 0.3 is 0 Å². The number of hydrogen-bond donors (Lipinski definition) is 1. The fraction of sp³-hybridized carbons (Fsp3) is 0.182. The van der Waals surface area contributed by atoms with Crippen molar-refractivity contribution in [2.24, 2.45) is 0 Å². The van der Waals surface area contributed by atoms with Crippen molar-refractivity contribution in [2.45, 2.75) is 6.92 Å². The summed E-state index contributed by atoms with van der Waals surface area (Å²) in [6, 6.07) is 5.64. The maximum atomic E-state index is 11.0. The number of allylic oxidation sites excluding steroid dienone is 1. The summed E-state index contributed by atoms with van der Waals surface area (Å²) in [6.45, 7) is 5.86. The molecule has 0 aliphatic carbocycles. The first-order chi connectivity index (χ1) is 6.66. The zero-order valence-corrected chi connectivity index (χ0v) is 7.96. The molecule has 2 rings (SSSR count). The van der Waals surface area contributed by atoms with Gasteiger partial charge in [-0.3, -0.25) is 4.79 Å². The molecule has 1 aromatic rings. The highest BCUT2D eigenvalue weighted by Crippen LogP contribution is 2.30. The highest BCUT2D eigenvalue weighted by atomic mass is 16.5. The van der Waals surface area contributed by atoms with Gasteiger partial charge in [-0.2, -0.15) is 0 Å². The molecule has 0 unspecified atom stereocenters. The SMILES string of the molecule is C=C(C)c1ccc2c(c1)NC(=O)CO2. The van der Waals surface area contributed by atoms with E-state index in [1.165, 1.54) is 0 Å². The van der Waals surface area contributed by atoms with E-state index in [0.29, 0.717) is 0 Å². The number of ether oxygens (including phenoxy) is 1. The standard InChI is InChI=1S/C11H11NO2/c1-7(2)8-3-4-10-9(5-8)12-11(13)6-14-10/h3-5H,1,6H2,2H3,(H,12,13). The molecule has 0 fully saturated rings. The number of amides is 1.